The zero-order chi connectivity index (χ0) is 21.6. The lowest BCUT2D eigenvalue weighted by Gasteiger charge is -2.16. The van der Waals surface area contributed by atoms with Crippen LogP contribution in [-0.4, -0.2) is 67.6 Å². The standard InChI is InChI=1S/C18H31N7O4/c1-4-8-20-15-13(17(27)22-10-6-12(26)29-3)24-16(21-9-5-2)14(25-15)18(28)23-11-7-19/h4-11,19H2,1-3H3,(H,20,25)(H,21,24)(H,22,27)(H,23,28). The van der Waals surface area contributed by atoms with Crippen LogP contribution in [-0.2, 0) is 9.53 Å². The molecule has 2 amide bonds. The van der Waals surface area contributed by atoms with E-state index < -0.39 is 17.8 Å². The molecule has 0 aliphatic rings. The van der Waals surface area contributed by atoms with Crippen molar-refractivity contribution in [3.05, 3.63) is 11.4 Å². The zero-order valence-corrected chi connectivity index (χ0v) is 17.3. The van der Waals surface area contributed by atoms with Gasteiger partial charge in [-0.05, 0) is 12.8 Å². The maximum absolute atomic E-state index is 12.6. The predicted molar refractivity (Wildman–Crippen MR) is 110 cm³/mol. The van der Waals surface area contributed by atoms with E-state index in [1.807, 2.05) is 13.8 Å². The smallest absolute Gasteiger partial charge is 0.307 e. The van der Waals surface area contributed by atoms with E-state index in [4.69, 9.17) is 5.73 Å². The largest absolute Gasteiger partial charge is 0.469 e. The number of carbonyl (C=O) groups is 3. The van der Waals surface area contributed by atoms with Gasteiger partial charge in [-0.25, -0.2) is 9.97 Å². The molecule has 0 aromatic carbocycles. The molecule has 0 radical (unpaired) electrons. The van der Waals surface area contributed by atoms with Crippen molar-refractivity contribution in [2.75, 3.05) is 50.5 Å². The molecule has 0 aliphatic carbocycles. The average Bonchev–Trinajstić information content (AvgIpc) is 2.73. The molecule has 0 bridgehead atoms. The number of methoxy groups -OCH3 is 1. The van der Waals surface area contributed by atoms with Crippen LogP contribution in [0.2, 0.25) is 0 Å². The lowest BCUT2D eigenvalue weighted by atomic mass is 10.3. The topological polar surface area (TPSA) is 160 Å². The van der Waals surface area contributed by atoms with E-state index in [0.29, 0.717) is 26.2 Å². The minimum atomic E-state index is -0.506. The number of nitrogens with two attached hydrogens (primary N) is 1. The van der Waals surface area contributed by atoms with Crippen LogP contribution in [0.1, 0.15) is 54.1 Å². The molecule has 0 spiro atoms. The molecular formula is C18H31N7O4. The fraction of sp³-hybridized carbons (Fsp3) is 0.611. The quantitative estimate of drug-likeness (QED) is 0.285. The van der Waals surface area contributed by atoms with Crippen LogP contribution in [0.4, 0.5) is 11.6 Å². The van der Waals surface area contributed by atoms with Crippen LogP contribution < -0.4 is 27.0 Å². The van der Waals surface area contributed by atoms with Crippen molar-refractivity contribution in [3.8, 4) is 0 Å². The average molecular weight is 409 g/mol. The van der Waals surface area contributed by atoms with Crippen LogP contribution in [0.5, 0.6) is 0 Å². The Labute approximate surface area is 170 Å². The normalized spacial score (nSPS) is 10.2. The molecule has 0 atom stereocenters. The Bertz CT molecular complexity index is 697. The monoisotopic (exact) mass is 409 g/mol. The Morgan fingerprint density at radius 3 is 1.76 bits per heavy atom. The van der Waals surface area contributed by atoms with Crippen molar-refractivity contribution >= 4 is 29.4 Å². The van der Waals surface area contributed by atoms with Crippen molar-refractivity contribution in [2.24, 2.45) is 5.73 Å². The first-order chi connectivity index (χ1) is 14.0. The second kappa shape index (κ2) is 13.3. The Morgan fingerprint density at radius 1 is 0.862 bits per heavy atom. The Hall–Kier alpha value is -2.95. The van der Waals surface area contributed by atoms with Gasteiger partial charge in [0.05, 0.1) is 13.5 Å². The van der Waals surface area contributed by atoms with Gasteiger partial charge >= 0.3 is 5.97 Å². The highest BCUT2D eigenvalue weighted by Gasteiger charge is 2.23. The molecule has 0 saturated carbocycles. The van der Waals surface area contributed by atoms with Crippen molar-refractivity contribution in [1.29, 1.82) is 0 Å². The number of aromatic nitrogens is 2. The summed E-state index contributed by atoms with van der Waals surface area (Å²) >= 11 is 0. The number of nitrogens with one attached hydrogen (secondary N) is 4. The number of hydrogen-bond acceptors (Lipinski definition) is 9. The molecule has 0 saturated heterocycles. The lowest BCUT2D eigenvalue weighted by molar-refractivity contribution is -0.140. The molecule has 162 valence electrons. The highest BCUT2D eigenvalue weighted by molar-refractivity contribution is 6.01. The summed E-state index contributed by atoms with van der Waals surface area (Å²) in [7, 11) is 1.28. The van der Waals surface area contributed by atoms with Crippen molar-refractivity contribution in [3.63, 3.8) is 0 Å². The molecule has 0 aliphatic heterocycles. The highest BCUT2D eigenvalue weighted by Crippen LogP contribution is 2.19. The fourth-order valence-corrected chi connectivity index (χ4v) is 2.22. The predicted octanol–water partition coefficient (Wildman–Crippen LogP) is 0.102. The summed E-state index contributed by atoms with van der Waals surface area (Å²) in [6.07, 6.45) is 1.62. The Kier molecular flexibility index (Phi) is 11.0. The van der Waals surface area contributed by atoms with E-state index in [1.165, 1.54) is 7.11 Å². The summed E-state index contributed by atoms with van der Waals surface area (Å²) in [4.78, 5) is 45.1. The number of esters is 1. The second-order valence-electron chi connectivity index (χ2n) is 6.10. The molecule has 0 fully saturated rings. The van der Waals surface area contributed by atoms with E-state index in [1.54, 1.807) is 0 Å². The van der Waals surface area contributed by atoms with E-state index in [2.05, 4.69) is 36.0 Å². The van der Waals surface area contributed by atoms with Gasteiger partial charge in [-0.1, -0.05) is 13.8 Å². The summed E-state index contributed by atoms with van der Waals surface area (Å²) < 4.78 is 4.56. The minimum absolute atomic E-state index is 0.0356. The van der Waals surface area contributed by atoms with E-state index in [9.17, 15) is 14.4 Å². The summed E-state index contributed by atoms with van der Waals surface area (Å²) in [6, 6.07) is 0. The summed E-state index contributed by atoms with van der Waals surface area (Å²) in [5.74, 6) is -0.964. The van der Waals surface area contributed by atoms with Gasteiger partial charge in [0.25, 0.3) is 11.8 Å². The number of nitrogens with zero attached hydrogens (tertiary/aromatic N) is 2. The van der Waals surface area contributed by atoms with E-state index in [0.717, 1.165) is 12.8 Å². The van der Waals surface area contributed by atoms with Crippen molar-refractivity contribution in [2.45, 2.75) is 33.1 Å². The number of amides is 2. The number of hydrogen-bond donors (Lipinski definition) is 5. The SMILES string of the molecule is CCCNc1nc(C(=O)NCCC(=O)OC)c(NCCC)nc1C(=O)NCCN. The van der Waals surface area contributed by atoms with Crippen LogP contribution in [0.15, 0.2) is 0 Å². The van der Waals surface area contributed by atoms with Gasteiger partial charge in [-0.15, -0.1) is 0 Å². The van der Waals surface area contributed by atoms with Crippen LogP contribution in [0.3, 0.4) is 0 Å². The fourth-order valence-electron chi connectivity index (χ4n) is 2.22. The zero-order valence-electron chi connectivity index (χ0n) is 17.3. The molecule has 1 aromatic rings. The first-order valence-electron chi connectivity index (χ1n) is 9.71. The molecule has 11 heteroatoms. The van der Waals surface area contributed by atoms with E-state index in [-0.39, 0.29) is 36.0 Å². The van der Waals surface area contributed by atoms with Gasteiger partial charge in [0.1, 0.15) is 0 Å². The second-order valence-corrected chi connectivity index (χ2v) is 6.10. The summed E-state index contributed by atoms with van der Waals surface area (Å²) in [5, 5.41) is 11.3. The number of carbonyl (C=O) groups excluding carboxylic acids is 3. The van der Waals surface area contributed by atoms with Crippen LogP contribution in [0.25, 0.3) is 0 Å². The molecule has 6 N–H and O–H groups in total. The van der Waals surface area contributed by atoms with Gasteiger partial charge in [-0.2, -0.15) is 0 Å². The molecular weight excluding hydrogens is 378 g/mol. The third kappa shape index (κ3) is 7.90. The summed E-state index contributed by atoms with van der Waals surface area (Å²) in [5.41, 5.74) is 5.57. The Balaban J connectivity index is 3.20. The third-order valence-electron chi connectivity index (χ3n) is 3.68. The van der Waals surface area contributed by atoms with Crippen molar-refractivity contribution < 1.29 is 19.1 Å². The highest BCUT2D eigenvalue weighted by atomic mass is 16.5. The number of anilines is 2. The summed E-state index contributed by atoms with van der Waals surface area (Å²) in [6.45, 7) is 5.70. The van der Waals surface area contributed by atoms with Gasteiger partial charge < -0.3 is 31.7 Å². The molecule has 1 aromatic heterocycles. The van der Waals surface area contributed by atoms with Crippen LogP contribution in [0, 0.1) is 0 Å². The van der Waals surface area contributed by atoms with E-state index >= 15 is 0 Å². The molecule has 1 heterocycles. The number of rotatable bonds is 13. The molecule has 11 nitrogen and oxygen atoms in total. The first-order valence-corrected chi connectivity index (χ1v) is 9.71. The van der Waals surface area contributed by atoms with Gasteiger partial charge in [0, 0.05) is 32.7 Å². The molecule has 1 rings (SSSR count). The Morgan fingerprint density at radius 2 is 1.34 bits per heavy atom. The lowest BCUT2D eigenvalue weighted by Crippen LogP contribution is -2.33. The van der Waals surface area contributed by atoms with Crippen LogP contribution >= 0.6 is 0 Å². The maximum atomic E-state index is 12.6. The maximum Gasteiger partial charge on any atom is 0.307 e. The molecule has 0 unspecified atom stereocenters. The van der Waals surface area contributed by atoms with Gasteiger partial charge in [0.2, 0.25) is 0 Å². The van der Waals surface area contributed by atoms with Gasteiger partial charge in [-0.3, -0.25) is 14.4 Å². The third-order valence-corrected chi connectivity index (χ3v) is 3.68. The van der Waals surface area contributed by atoms with Crippen molar-refractivity contribution in [1.82, 2.24) is 20.6 Å². The molecule has 29 heavy (non-hydrogen) atoms. The minimum Gasteiger partial charge on any atom is -0.469 e. The van der Waals surface area contributed by atoms with Gasteiger partial charge in [0.15, 0.2) is 23.0 Å². The first kappa shape index (κ1) is 24.1. The number of ether oxygens (including phenoxy) is 1.